The largest absolute Gasteiger partial charge is 0.310 e. The fourth-order valence-electron chi connectivity index (χ4n) is 0.926. The molecule has 1 N–H and O–H groups in total. The van der Waals surface area contributed by atoms with Crippen LogP contribution in [-0.2, 0) is 0 Å². The van der Waals surface area contributed by atoms with E-state index in [0.717, 1.165) is 6.54 Å². The van der Waals surface area contributed by atoms with Gasteiger partial charge in [-0.15, -0.1) is 11.6 Å². The first kappa shape index (κ1) is 12.2. The van der Waals surface area contributed by atoms with E-state index >= 15 is 0 Å². The summed E-state index contributed by atoms with van der Waals surface area (Å²) in [5, 5.41) is 3.64. The van der Waals surface area contributed by atoms with E-state index in [9.17, 15) is 0 Å². The maximum atomic E-state index is 6.02. The zero-order valence-electron chi connectivity index (χ0n) is 8.78. The third-order valence-electron chi connectivity index (χ3n) is 2.36. The Hall–Kier alpha value is 0.250. The maximum Gasteiger partial charge on any atom is 0.0484 e. The van der Waals surface area contributed by atoms with Gasteiger partial charge in [-0.2, -0.15) is 0 Å². The minimum absolute atomic E-state index is 0.0648. The summed E-state index contributed by atoms with van der Waals surface area (Å²) >= 11 is 6.02. The van der Waals surface area contributed by atoms with Crippen LogP contribution in [-0.4, -0.2) is 17.5 Å². The summed E-state index contributed by atoms with van der Waals surface area (Å²) in [6, 6.07) is 0. The monoisotopic (exact) mass is 191 g/mol. The molecular weight excluding hydrogens is 170 g/mol. The highest BCUT2D eigenvalue weighted by molar-refractivity contribution is 6.21. The van der Waals surface area contributed by atoms with Crippen LogP contribution in [0.1, 0.15) is 47.0 Å². The highest BCUT2D eigenvalue weighted by atomic mass is 35.5. The lowest BCUT2D eigenvalue weighted by molar-refractivity contribution is 0.377. The number of nitrogens with one attached hydrogen (secondary N) is 1. The van der Waals surface area contributed by atoms with Gasteiger partial charge in [0.1, 0.15) is 0 Å². The van der Waals surface area contributed by atoms with Gasteiger partial charge in [0, 0.05) is 10.9 Å². The summed E-state index contributed by atoms with van der Waals surface area (Å²) in [4.78, 5) is 0. The first-order valence-electron chi connectivity index (χ1n) is 4.89. The van der Waals surface area contributed by atoms with Crippen molar-refractivity contribution in [2.45, 2.75) is 57.9 Å². The fraction of sp³-hybridized carbons (Fsp3) is 1.00. The summed E-state index contributed by atoms with van der Waals surface area (Å²) < 4.78 is 0. The molecule has 1 nitrogen and oxygen atoms in total. The lowest BCUT2D eigenvalue weighted by Gasteiger charge is -2.29. The van der Waals surface area contributed by atoms with Gasteiger partial charge in [-0.1, -0.05) is 19.8 Å². The van der Waals surface area contributed by atoms with Gasteiger partial charge in [0.05, 0.1) is 0 Å². The van der Waals surface area contributed by atoms with Crippen LogP contribution in [0.4, 0.5) is 0 Å². The van der Waals surface area contributed by atoms with Crippen LogP contribution in [0.3, 0.4) is 0 Å². The fourth-order valence-corrected chi connectivity index (χ4v) is 1.00. The van der Waals surface area contributed by atoms with Crippen molar-refractivity contribution in [2.75, 3.05) is 6.54 Å². The summed E-state index contributed by atoms with van der Waals surface area (Å²) in [5.74, 6) is 0. The van der Waals surface area contributed by atoms with Crippen molar-refractivity contribution in [1.29, 1.82) is 0 Å². The first-order chi connectivity index (χ1) is 5.50. The Labute approximate surface area is 81.9 Å². The van der Waals surface area contributed by atoms with Gasteiger partial charge < -0.3 is 5.32 Å². The van der Waals surface area contributed by atoms with Crippen molar-refractivity contribution < 1.29 is 0 Å². The average Bonchev–Trinajstić information content (AvgIpc) is 1.98. The number of hydrogen-bond acceptors (Lipinski definition) is 1. The second kappa shape index (κ2) is 5.82. The molecule has 0 amide bonds. The molecule has 0 aromatic heterocycles. The van der Waals surface area contributed by atoms with Crippen molar-refractivity contribution in [3.05, 3.63) is 0 Å². The summed E-state index contributed by atoms with van der Waals surface area (Å²) in [6.07, 6.45) is 3.84. The number of halogens is 1. The minimum atomic E-state index is 0.0648. The van der Waals surface area contributed by atoms with Crippen molar-refractivity contribution in [1.82, 2.24) is 5.32 Å². The van der Waals surface area contributed by atoms with Crippen molar-refractivity contribution >= 4 is 11.6 Å². The molecule has 1 atom stereocenters. The van der Waals surface area contributed by atoms with E-state index in [2.05, 4.69) is 26.1 Å². The van der Waals surface area contributed by atoms with E-state index in [1.165, 1.54) is 19.3 Å². The molecule has 0 aliphatic carbocycles. The van der Waals surface area contributed by atoms with Crippen molar-refractivity contribution in [2.24, 2.45) is 0 Å². The summed E-state index contributed by atoms with van der Waals surface area (Å²) in [5.41, 5.74) is 0.0648. The Morgan fingerprint density at radius 1 is 1.33 bits per heavy atom. The average molecular weight is 192 g/mol. The predicted octanol–water partition coefficient (Wildman–Crippen LogP) is 3.17. The van der Waals surface area contributed by atoms with Crippen LogP contribution in [0.2, 0.25) is 0 Å². The molecular formula is C10H22ClN. The van der Waals surface area contributed by atoms with Gasteiger partial charge in [0.15, 0.2) is 0 Å². The lowest BCUT2D eigenvalue weighted by Crippen LogP contribution is -2.46. The van der Waals surface area contributed by atoms with E-state index in [1.54, 1.807) is 0 Å². The number of alkyl halides is 1. The third kappa shape index (κ3) is 5.00. The highest BCUT2D eigenvalue weighted by Crippen LogP contribution is 2.14. The summed E-state index contributed by atoms with van der Waals surface area (Å²) in [6.45, 7) is 9.63. The zero-order chi connectivity index (χ0) is 9.61. The van der Waals surface area contributed by atoms with Gasteiger partial charge in [-0.05, 0) is 33.7 Å². The molecule has 0 fully saturated rings. The van der Waals surface area contributed by atoms with Gasteiger partial charge in [-0.25, -0.2) is 0 Å². The molecule has 0 rings (SSSR count). The molecule has 0 radical (unpaired) electrons. The first-order valence-corrected chi connectivity index (χ1v) is 5.33. The molecule has 74 valence electrons. The molecule has 0 heterocycles. The molecule has 0 aliphatic heterocycles. The predicted molar refractivity (Wildman–Crippen MR) is 56.9 cm³/mol. The van der Waals surface area contributed by atoms with Gasteiger partial charge in [0.2, 0.25) is 0 Å². The van der Waals surface area contributed by atoms with Gasteiger partial charge in [0.25, 0.3) is 0 Å². The standard InChI is InChI=1S/C10H22ClN/c1-5-6-7-8-12-10(3,4)9(2)11/h9,12H,5-8H2,1-4H3. The van der Waals surface area contributed by atoms with Crippen LogP contribution in [0.5, 0.6) is 0 Å². The Morgan fingerprint density at radius 3 is 2.33 bits per heavy atom. The van der Waals surface area contributed by atoms with E-state index in [-0.39, 0.29) is 10.9 Å². The van der Waals surface area contributed by atoms with E-state index in [4.69, 9.17) is 11.6 Å². The van der Waals surface area contributed by atoms with Crippen LogP contribution in [0, 0.1) is 0 Å². The molecule has 1 unspecified atom stereocenters. The Balaban J connectivity index is 3.47. The van der Waals surface area contributed by atoms with Crippen LogP contribution in [0.15, 0.2) is 0 Å². The smallest absolute Gasteiger partial charge is 0.0484 e. The lowest BCUT2D eigenvalue weighted by atomic mass is 10.0. The van der Waals surface area contributed by atoms with Crippen LogP contribution >= 0.6 is 11.6 Å². The molecule has 0 aromatic carbocycles. The highest BCUT2D eigenvalue weighted by Gasteiger charge is 2.22. The molecule has 0 saturated carbocycles. The normalized spacial score (nSPS) is 14.8. The van der Waals surface area contributed by atoms with Gasteiger partial charge >= 0.3 is 0 Å². The number of unbranched alkanes of at least 4 members (excludes halogenated alkanes) is 2. The maximum absolute atomic E-state index is 6.02. The second-order valence-corrected chi connectivity index (χ2v) is 4.63. The van der Waals surface area contributed by atoms with Crippen LogP contribution in [0.25, 0.3) is 0 Å². The third-order valence-corrected chi connectivity index (χ3v) is 2.90. The molecule has 12 heavy (non-hydrogen) atoms. The van der Waals surface area contributed by atoms with Crippen molar-refractivity contribution in [3.63, 3.8) is 0 Å². The number of hydrogen-bond donors (Lipinski definition) is 1. The Bertz CT molecular complexity index is 110. The number of rotatable bonds is 6. The zero-order valence-corrected chi connectivity index (χ0v) is 9.54. The Morgan fingerprint density at radius 2 is 1.92 bits per heavy atom. The van der Waals surface area contributed by atoms with Crippen molar-refractivity contribution in [3.8, 4) is 0 Å². The summed E-state index contributed by atoms with van der Waals surface area (Å²) in [7, 11) is 0. The van der Waals surface area contributed by atoms with E-state index in [1.807, 2.05) is 6.92 Å². The second-order valence-electron chi connectivity index (χ2n) is 3.97. The SMILES string of the molecule is CCCCCNC(C)(C)C(C)Cl. The quantitative estimate of drug-likeness (QED) is 0.503. The molecule has 0 bridgehead atoms. The topological polar surface area (TPSA) is 12.0 Å². The van der Waals surface area contributed by atoms with Gasteiger partial charge in [-0.3, -0.25) is 0 Å². The van der Waals surface area contributed by atoms with E-state index in [0.29, 0.717) is 0 Å². The molecule has 0 saturated heterocycles. The minimum Gasteiger partial charge on any atom is -0.310 e. The molecule has 0 aromatic rings. The molecule has 0 aliphatic rings. The van der Waals surface area contributed by atoms with Crippen LogP contribution < -0.4 is 5.32 Å². The Kier molecular flexibility index (Phi) is 5.94. The molecule has 0 spiro atoms. The van der Waals surface area contributed by atoms with E-state index < -0.39 is 0 Å². The molecule has 2 heteroatoms.